The smallest absolute Gasteiger partial charge is 0.192 e. The number of fused-ring (bicyclic) bond motifs is 5. The van der Waals surface area contributed by atoms with E-state index in [2.05, 4.69) is 15.2 Å². The molecule has 142 valence electrons. The number of hydrogen-bond acceptors (Lipinski definition) is 6. The summed E-state index contributed by atoms with van der Waals surface area (Å²) in [6, 6.07) is 9.98. The second kappa shape index (κ2) is 7.31. The molecule has 5 rings (SSSR count). The van der Waals surface area contributed by atoms with Crippen LogP contribution in [0.3, 0.4) is 0 Å². The summed E-state index contributed by atoms with van der Waals surface area (Å²) in [6.07, 6.45) is 7.81. The van der Waals surface area contributed by atoms with Gasteiger partial charge < -0.3 is 4.84 Å². The minimum absolute atomic E-state index is 0.236. The first-order valence-corrected chi connectivity index (χ1v) is 10.5. The Kier molecular flexibility index (Phi) is 4.52. The normalized spacial score (nSPS) is 15.0. The van der Waals surface area contributed by atoms with Gasteiger partial charge in [0.15, 0.2) is 18.1 Å². The lowest BCUT2D eigenvalue weighted by atomic mass is 10.1. The fourth-order valence-electron chi connectivity index (χ4n) is 3.76. The molecule has 0 amide bonds. The molecule has 28 heavy (non-hydrogen) atoms. The second-order valence-electron chi connectivity index (χ2n) is 7.10. The lowest BCUT2D eigenvalue weighted by Gasteiger charge is -2.00. The van der Waals surface area contributed by atoms with E-state index >= 15 is 0 Å². The predicted molar refractivity (Wildman–Crippen MR) is 111 cm³/mol. The zero-order chi connectivity index (χ0) is 18.9. The van der Waals surface area contributed by atoms with Gasteiger partial charge in [-0.25, -0.2) is 14.5 Å². The standard InChI is InChI=1S/C21H21N5OS/c1-14(15-8-4-2-5-9-15)25-27-12-18-23-20-19-16-10-6-3-7-11-17(16)28-21(19)22-13-26(20)24-18/h2,4-5,8-9,13H,3,6-7,10-12H2,1H3. The topological polar surface area (TPSA) is 64.7 Å². The molecule has 1 aliphatic rings. The second-order valence-corrected chi connectivity index (χ2v) is 8.19. The number of nitrogens with zero attached hydrogens (tertiary/aromatic N) is 5. The SMILES string of the molecule is CC(=NOCc1nc2c3c4c(sc3ncn2n1)CCCCC4)c1ccccc1. The van der Waals surface area contributed by atoms with Gasteiger partial charge in [-0.3, -0.25) is 0 Å². The van der Waals surface area contributed by atoms with Crippen molar-refractivity contribution in [1.82, 2.24) is 19.6 Å². The van der Waals surface area contributed by atoms with Crippen LogP contribution in [0.5, 0.6) is 0 Å². The zero-order valence-electron chi connectivity index (χ0n) is 15.8. The molecule has 0 atom stereocenters. The van der Waals surface area contributed by atoms with Crippen molar-refractivity contribution in [2.45, 2.75) is 45.6 Å². The summed E-state index contributed by atoms with van der Waals surface area (Å²) in [6.45, 7) is 2.17. The van der Waals surface area contributed by atoms with Crippen LogP contribution >= 0.6 is 11.3 Å². The van der Waals surface area contributed by atoms with Crippen LogP contribution in [0.15, 0.2) is 41.8 Å². The maximum absolute atomic E-state index is 5.52. The van der Waals surface area contributed by atoms with Gasteiger partial charge in [-0.1, -0.05) is 41.9 Å². The molecular formula is C21H21N5OS. The van der Waals surface area contributed by atoms with E-state index in [0.29, 0.717) is 5.82 Å². The van der Waals surface area contributed by atoms with Crippen molar-refractivity contribution in [3.05, 3.63) is 58.5 Å². The summed E-state index contributed by atoms with van der Waals surface area (Å²) in [5.74, 6) is 0.618. The first-order valence-electron chi connectivity index (χ1n) is 9.66. The van der Waals surface area contributed by atoms with E-state index in [9.17, 15) is 0 Å². The molecule has 0 saturated heterocycles. The Bertz CT molecular complexity index is 1160. The van der Waals surface area contributed by atoms with Crippen LogP contribution in [-0.2, 0) is 24.3 Å². The maximum Gasteiger partial charge on any atom is 0.192 e. The maximum atomic E-state index is 5.52. The molecule has 0 fully saturated rings. The first kappa shape index (κ1) is 17.3. The third-order valence-electron chi connectivity index (χ3n) is 5.17. The molecular weight excluding hydrogens is 370 g/mol. The molecule has 0 N–H and O–H groups in total. The summed E-state index contributed by atoms with van der Waals surface area (Å²) in [5.41, 5.74) is 4.18. The minimum atomic E-state index is 0.236. The van der Waals surface area contributed by atoms with Gasteiger partial charge in [0, 0.05) is 4.88 Å². The Morgan fingerprint density at radius 2 is 2.04 bits per heavy atom. The molecule has 1 aromatic carbocycles. The van der Waals surface area contributed by atoms with Gasteiger partial charge in [-0.2, -0.15) is 0 Å². The molecule has 6 nitrogen and oxygen atoms in total. The predicted octanol–water partition coefficient (Wildman–Crippen LogP) is 4.55. The molecule has 0 bridgehead atoms. The van der Waals surface area contributed by atoms with E-state index in [4.69, 9.17) is 9.82 Å². The van der Waals surface area contributed by atoms with Crippen molar-refractivity contribution in [2.24, 2.45) is 5.16 Å². The van der Waals surface area contributed by atoms with Crippen molar-refractivity contribution >= 4 is 32.9 Å². The average Bonchev–Trinajstić information content (AvgIpc) is 3.21. The third kappa shape index (κ3) is 3.16. The van der Waals surface area contributed by atoms with Gasteiger partial charge in [-0.05, 0) is 43.7 Å². The van der Waals surface area contributed by atoms with Crippen molar-refractivity contribution in [1.29, 1.82) is 0 Å². The summed E-state index contributed by atoms with van der Waals surface area (Å²) >= 11 is 1.81. The summed E-state index contributed by atoms with van der Waals surface area (Å²) in [4.78, 5) is 17.4. The summed E-state index contributed by atoms with van der Waals surface area (Å²) in [7, 11) is 0. The van der Waals surface area contributed by atoms with E-state index in [1.165, 1.54) is 35.1 Å². The van der Waals surface area contributed by atoms with Gasteiger partial charge in [0.05, 0.1) is 11.1 Å². The Morgan fingerprint density at radius 1 is 1.18 bits per heavy atom. The van der Waals surface area contributed by atoms with E-state index in [-0.39, 0.29) is 6.61 Å². The number of hydrogen-bond donors (Lipinski definition) is 0. The Morgan fingerprint density at radius 3 is 2.93 bits per heavy atom. The van der Waals surface area contributed by atoms with Crippen LogP contribution in [0.2, 0.25) is 0 Å². The van der Waals surface area contributed by atoms with E-state index in [1.807, 2.05) is 48.6 Å². The van der Waals surface area contributed by atoms with Gasteiger partial charge in [0.2, 0.25) is 0 Å². The molecule has 0 saturated carbocycles. The monoisotopic (exact) mass is 391 g/mol. The van der Waals surface area contributed by atoms with Crippen molar-refractivity contribution in [3.8, 4) is 0 Å². The Balaban J connectivity index is 1.43. The van der Waals surface area contributed by atoms with Crippen LogP contribution < -0.4 is 0 Å². The first-order chi connectivity index (χ1) is 13.8. The lowest BCUT2D eigenvalue weighted by molar-refractivity contribution is 0.125. The van der Waals surface area contributed by atoms with Crippen LogP contribution in [0.25, 0.3) is 15.9 Å². The van der Waals surface area contributed by atoms with Crippen molar-refractivity contribution in [2.75, 3.05) is 0 Å². The molecule has 4 aromatic rings. The van der Waals surface area contributed by atoms with Gasteiger partial charge in [0.1, 0.15) is 11.2 Å². The van der Waals surface area contributed by atoms with E-state index in [0.717, 1.165) is 34.6 Å². The highest BCUT2D eigenvalue weighted by Gasteiger charge is 2.20. The summed E-state index contributed by atoms with van der Waals surface area (Å²) < 4.78 is 1.77. The van der Waals surface area contributed by atoms with Gasteiger partial charge in [0.25, 0.3) is 0 Å². The quantitative estimate of drug-likeness (QED) is 0.291. The third-order valence-corrected chi connectivity index (χ3v) is 6.37. The molecule has 0 aliphatic heterocycles. The number of oxime groups is 1. The van der Waals surface area contributed by atoms with Gasteiger partial charge in [-0.15, -0.1) is 16.4 Å². The van der Waals surface area contributed by atoms with E-state index in [1.54, 1.807) is 10.8 Å². The number of aromatic nitrogens is 4. The molecule has 0 spiro atoms. The van der Waals surface area contributed by atoms with Crippen molar-refractivity contribution < 1.29 is 4.84 Å². The van der Waals surface area contributed by atoms with Crippen LogP contribution in [-0.4, -0.2) is 25.3 Å². The molecule has 3 aromatic heterocycles. The number of aryl methyl sites for hydroxylation is 2. The molecule has 3 heterocycles. The lowest BCUT2D eigenvalue weighted by Crippen LogP contribution is -1.97. The average molecular weight is 392 g/mol. The molecule has 1 aliphatic carbocycles. The zero-order valence-corrected chi connectivity index (χ0v) is 16.6. The van der Waals surface area contributed by atoms with Crippen LogP contribution in [0.4, 0.5) is 0 Å². The number of thiophene rings is 1. The van der Waals surface area contributed by atoms with Crippen LogP contribution in [0.1, 0.15) is 48.0 Å². The minimum Gasteiger partial charge on any atom is -0.387 e. The highest BCUT2D eigenvalue weighted by atomic mass is 32.1. The highest BCUT2D eigenvalue weighted by Crippen LogP contribution is 2.36. The molecule has 0 radical (unpaired) electrons. The van der Waals surface area contributed by atoms with Gasteiger partial charge >= 0.3 is 0 Å². The fourth-order valence-corrected chi connectivity index (χ4v) is 4.98. The molecule has 7 heteroatoms. The largest absolute Gasteiger partial charge is 0.387 e. The van der Waals surface area contributed by atoms with Crippen molar-refractivity contribution in [3.63, 3.8) is 0 Å². The fraction of sp³-hybridized carbons (Fsp3) is 0.333. The van der Waals surface area contributed by atoms with Crippen LogP contribution in [0, 0.1) is 0 Å². The number of rotatable bonds is 4. The number of benzene rings is 1. The Hall–Kier alpha value is -2.80. The Labute approximate surface area is 166 Å². The molecule has 0 unspecified atom stereocenters. The highest BCUT2D eigenvalue weighted by molar-refractivity contribution is 7.19. The van der Waals surface area contributed by atoms with E-state index < -0.39 is 0 Å². The summed E-state index contributed by atoms with van der Waals surface area (Å²) in [5, 5.41) is 9.92.